The number of hydrazine groups is 1. The number of nitrogens with zero attached hydrogens (tertiary/aromatic N) is 1. The zero-order valence-electron chi connectivity index (χ0n) is 14.7. The summed E-state index contributed by atoms with van der Waals surface area (Å²) in [6.07, 6.45) is 2.58. The predicted molar refractivity (Wildman–Crippen MR) is 96.4 cm³/mol. The standard InChI is InChI=1S/C20H23F2N3O/c1-25(20(26)15-6-3-8-17(22)12-15)10-4-9-18-13-19(24-23-18)14-5-2-7-16(21)11-14/h2-3,5-8,11-12,18-19,23-24H,4,9-10,13H2,1H3. The van der Waals surface area contributed by atoms with Gasteiger partial charge in [0.05, 0.1) is 0 Å². The summed E-state index contributed by atoms with van der Waals surface area (Å²) in [5.41, 5.74) is 7.74. The first-order valence-electron chi connectivity index (χ1n) is 8.80. The Labute approximate surface area is 152 Å². The van der Waals surface area contributed by atoms with Crippen molar-refractivity contribution in [2.75, 3.05) is 13.6 Å². The molecule has 6 heteroatoms. The normalized spacial score (nSPS) is 19.5. The third-order valence-electron chi connectivity index (χ3n) is 4.70. The topological polar surface area (TPSA) is 44.4 Å². The van der Waals surface area contributed by atoms with E-state index in [-0.39, 0.29) is 23.8 Å². The number of benzene rings is 2. The summed E-state index contributed by atoms with van der Waals surface area (Å²) in [5, 5.41) is 0. The van der Waals surface area contributed by atoms with Gasteiger partial charge >= 0.3 is 0 Å². The number of hydrogen-bond acceptors (Lipinski definition) is 3. The van der Waals surface area contributed by atoms with Crippen molar-refractivity contribution in [1.29, 1.82) is 0 Å². The molecule has 4 nitrogen and oxygen atoms in total. The average molecular weight is 359 g/mol. The molecule has 2 N–H and O–H groups in total. The first-order chi connectivity index (χ1) is 12.5. The molecule has 0 saturated carbocycles. The van der Waals surface area contributed by atoms with Gasteiger partial charge in [-0.2, -0.15) is 0 Å². The fraction of sp³-hybridized carbons (Fsp3) is 0.350. The highest BCUT2D eigenvalue weighted by atomic mass is 19.1. The molecule has 1 aliphatic heterocycles. The van der Waals surface area contributed by atoms with E-state index in [1.807, 2.05) is 6.07 Å². The molecule has 2 unspecified atom stereocenters. The Hall–Kier alpha value is -2.31. The summed E-state index contributed by atoms with van der Waals surface area (Å²) in [7, 11) is 1.73. The fourth-order valence-corrected chi connectivity index (χ4v) is 3.27. The Morgan fingerprint density at radius 3 is 2.58 bits per heavy atom. The van der Waals surface area contributed by atoms with Crippen molar-refractivity contribution in [3.8, 4) is 0 Å². The molecule has 2 aromatic carbocycles. The Bertz CT molecular complexity index is 768. The van der Waals surface area contributed by atoms with Crippen LogP contribution in [0.4, 0.5) is 8.78 Å². The lowest BCUT2D eigenvalue weighted by molar-refractivity contribution is 0.0791. The highest BCUT2D eigenvalue weighted by Crippen LogP contribution is 2.24. The highest BCUT2D eigenvalue weighted by Gasteiger charge is 2.25. The second kappa shape index (κ2) is 8.38. The van der Waals surface area contributed by atoms with Crippen LogP contribution in [0, 0.1) is 11.6 Å². The third-order valence-corrected chi connectivity index (χ3v) is 4.70. The van der Waals surface area contributed by atoms with Crippen LogP contribution in [0.5, 0.6) is 0 Å². The Balaban J connectivity index is 1.44. The molecule has 0 bridgehead atoms. The molecule has 0 aromatic heterocycles. The first kappa shape index (κ1) is 18.5. The Morgan fingerprint density at radius 2 is 1.85 bits per heavy atom. The van der Waals surface area contributed by atoms with Gasteiger partial charge in [-0.15, -0.1) is 0 Å². The second-order valence-electron chi connectivity index (χ2n) is 6.71. The molecule has 2 aromatic rings. The SMILES string of the molecule is CN(CCCC1CC(c2cccc(F)c2)NN1)C(=O)c1cccc(F)c1. The molecular formula is C20H23F2N3O. The van der Waals surface area contributed by atoms with Crippen LogP contribution < -0.4 is 10.9 Å². The third kappa shape index (κ3) is 4.65. The molecule has 0 radical (unpaired) electrons. The van der Waals surface area contributed by atoms with Gasteiger partial charge in [0.15, 0.2) is 0 Å². The van der Waals surface area contributed by atoms with Crippen molar-refractivity contribution in [1.82, 2.24) is 15.8 Å². The molecule has 2 atom stereocenters. The smallest absolute Gasteiger partial charge is 0.253 e. The van der Waals surface area contributed by atoms with E-state index in [2.05, 4.69) is 10.9 Å². The molecule has 0 spiro atoms. The van der Waals surface area contributed by atoms with Crippen LogP contribution in [0.2, 0.25) is 0 Å². The van der Waals surface area contributed by atoms with Gasteiger partial charge < -0.3 is 4.90 Å². The van der Waals surface area contributed by atoms with E-state index >= 15 is 0 Å². The maximum absolute atomic E-state index is 13.3. The van der Waals surface area contributed by atoms with Crippen LogP contribution >= 0.6 is 0 Å². The molecule has 1 aliphatic rings. The Morgan fingerprint density at radius 1 is 1.12 bits per heavy atom. The molecule has 1 heterocycles. The number of carbonyl (C=O) groups is 1. The number of rotatable bonds is 6. The van der Waals surface area contributed by atoms with E-state index in [4.69, 9.17) is 0 Å². The van der Waals surface area contributed by atoms with Gasteiger partial charge in [-0.05, 0) is 55.2 Å². The summed E-state index contributed by atoms with van der Waals surface area (Å²) in [4.78, 5) is 13.9. The monoisotopic (exact) mass is 359 g/mol. The first-order valence-corrected chi connectivity index (χ1v) is 8.80. The van der Waals surface area contributed by atoms with Crippen LogP contribution in [-0.4, -0.2) is 30.4 Å². The number of hydrogen-bond donors (Lipinski definition) is 2. The summed E-state index contributed by atoms with van der Waals surface area (Å²) in [5.74, 6) is -0.821. The van der Waals surface area contributed by atoms with Crippen LogP contribution in [-0.2, 0) is 0 Å². The zero-order chi connectivity index (χ0) is 18.5. The highest BCUT2D eigenvalue weighted by molar-refractivity contribution is 5.94. The van der Waals surface area contributed by atoms with Crippen molar-refractivity contribution in [2.45, 2.75) is 31.3 Å². The van der Waals surface area contributed by atoms with Crippen molar-refractivity contribution in [3.05, 3.63) is 71.3 Å². The van der Waals surface area contributed by atoms with Gasteiger partial charge in [0.2, 0.25) is 0 Å². The summed E-state index contributed by atoms with van der Waals surface area (Å²) in [6.45, 7) is 0.595. The Kier molecular flexibility index (Phi) is 5.96. The van der Waals surface area contributed by atoms with Crippen molar-refractivity contribution in [3.63, 3.8) is 0 Å². The van der Waals surface area contributed by atoms with E-state index in [9.17, 15) is 13.6 Å². The van der Waals surface area contributed by atoms with E-state index < -0.39 is 5.82 Å². The van der Waals surface area contributed by atoms with Crippen LogP contribution in [0.25, 0.3) is 0 Å². The van der Waals surface area contributed by atoms with Crippen LogP contribution in [0.1, 0.15) is 41.2 Å². The maximum Gasteiger partial charge on any atom is 0.253 e. The minimum atomic E-state index is -0.408. The quantitative estimate of drug-likeness (QED) is 0.831. The van der Waals surface area contributed by atoms with Crippen molar-refractivity contribution < 1.29 is 13.6 Å². The van der Waals surface area contributed by atoms with Gasteiger partial charge in [0, 0.05) is 31.2 Å². The maximum atomic E-state index is 13.3. The van der Waals surface area contributed by atoms with Crippen LogP contribution in [0.3, 0.4) is 0 Å². The molecule has 0 aliphatic carbocycles. The van der Waals surface area contributed by atoms with Crippen molar-refractivity contribution in [2.24, 2.45) is 0 Å². The minimum absolute atomic E-state index is 0.0855. The van der Waals surface area contributed by atoms with Gasteiger partial charge in [0.25, 0.3) is 5.91 Å². The number of amides is 1. The van der Waals surface area contributed by atoms with E-state index in [1.165, 1.54) is 24.3 Å². The molecule has 1 amide bonds. The van der Waals surface area contributed by atoms with Crippen molar-refractivity contribution >= 4 is 5.91 Å². The van der Waals surface area contributed by atoms with E-state index in [1.54, 1.807) is 30.1 Å². The van der Waals surface area contributed by atoms with Gasteiger partial charge in [0.1, 0.15) is 11.6 Å². The predicted octanol–water partition coefficient (Wildman–Crippen LogP) is 3.42. The lowest BCUT2D eigenvalue weighted by Crippen LogP contribution is -2.32. The number of carbonyl (C=O) groups excluding carboxylic acids is 1. The lowest BCUT2D eigenvalue weighted by Gasteiger charge is -2.18. The van der Waals surface area contributed by atoms with Gasteiger partial charge in [-0.3, -0.25) is 15.6 Å². The zero-order valence-corrected chi connectivity index (χ0v) is 14.7. The number of nitrogens with one attached hydrogen (secondary N) is 2. The van der Waals surface area contributed by atoms with Gasteiger partial charge in [-0.1, -0.05) is 18.2 Å². The summed E-state index contributed by atoms with van der Waals surface area (Å²) in [6, 6.07) is 12.7. The molecule has 3 rings (SSSR count). The molecular weight excluding hydrogens is 336 g/mol. The summed E-state index contributed by atoms with van der Waals surface area (Å²) < 4.78 is 26.6. The molecule has 26 heavy (non-hydrogen) atoms. The fourth-order valence-electron chi connectivity index (χ4n) is 3.27. The van der Waals surface area contributed by atoms with Gasteiger partial charge in [-0.25, -0.2) is 8.78 Å². The number of halogens is 2. The minimum Gasteiger partial charge on any atom is -0.342 e. The molecule has 1 saturated heterocycles. The second-order valence-corrected chi connectivity index (χ2v) is 6.71. The average Bonchev–Trinajstić information content (AvgIpc) is 3.10. The largest absolute Gasteiger partial charge is 0.342 e. The van der Waals surface area contributed by atoms with E-state index in [0.717, 1.165) is 24.8 Å². The molecule has 1 fully saturated rings. The van der Waals surface area contributed by atoms with Crippen LogP contribution in [0.15, 0.2) is 48.5 Å². The van der Waals surface area contributed by atoms with E-state index in [0.29, 0.717) is 12.1 Å². The molecule has 138 valence electrons. The lowest BCUT2D eigenvalue weighted by atomic mass is 9.99. The summed E-state index contributed by atoms with van der Waals surface area (Å²) >= 11 is 0.